The molecule has 0 aliphatic rings. The van der Waals surface area contributed by atoms with E-state index in [0.717, 1.165) is 22.0 Å². The van der Waals surface area contributed by atoms with Gasteiger partial charge in [0.15, 0.2) is 12.4 Å². The maximum Gasteiger partial charge on any atom is 0.263 e. The molecular formula is C23H20ClN3O2. The number of aryl methyl sites for hydroxylation is 1. The van der Waals surface area contributed by atoms with Gasteiger partial charge < -0.3 is 10.1 Å². The van der Waals surface area contributed by atoms with Crippen LogP contribution < -0.4 is 10.1 Å². The number of nitrogens with zero attached hydrogens (tertiary/aromatic N) is 2. The van der Waals surface area contributed by atoms with E-state index in [0.29, 0.717) is 23.1 Å². The Morgan fingerprint density at radius 1 is 1.03 bits per heavy atom. The third-order valence-electron chi connectivity index (χ3n) is 4.56. The van der Waals surface area contributed by atoms with Crippen molar-refractivity contribution >= 4 is 34.1 Å². The molecule has 3 aromatic carbocycles. The molecule has 0 atom stereocenters. The third-order valence-corrected chi connectivity index (χ3v) is 4.80. The van der Waals surface area contributed by atoms with Crippen molar-refractivity contribution in [3.05, 3.63) is 89.1 Å². The normalized spacial score (nSPS) is 10.8. The number of ether oxygens (including phenoxy) is 1. The largest absolute Gasteiger partial charge is 0.484 e. The number of benzene rings is 3. The third kappa shape index (κ3) is 4.76. The molecule has 5 nitrogen and oxygen atoms in total. The van der Waals surface area contributed by atoms with Crippen LogP contribution in [0.15, 0.2) is 72.8 Å². The average molecular weight is 406 g/mol. The van der Waals surface area contributed by atoms with Gasteiger partial charge in [-0.15, -0.1) is 0 Å². The summed E-state index contributed by atoms with van der Waals surface area (Å²) in [6.45, 7) is 2.44. The van der Waals surface area contributed by atoms with Gasteiger partial charge in [-0.05, 0) is 47.5 Å². The lowest BCUT2D eigenvalue weighted by molar-refractivity contribution is -0.118. The highest BCUT2D eigenvalue weighted by atomic mass is 35.5. The maximum atomic E-state index is 12.3. The molecule has 4 aromatic rings. The summed E-state index contributed by atoms with van der Waals surface area (Å²) in [6.07, 6.45) is 0. The van der Waals surface area contributed by atoms with Crippen LogP contribution in [0.3, 0.4) is 0 Å². The summed E-state index contributed by atoms with van der Waals surface area (Å²) in [5.74, 6) is 0.892. The standard InChI is InChI=1S/C23H20ClN3O2/c1-16-11-22(26-27(16)14-17-5-4-8-20(24)12-17)25-23(28)15-29-21-10-9-18-6-2-3-7-19(18)13-21/h2-13H,14-15H2,1H3,(H,25,26,28). The Morgan fingerprint density at radius 3 is 2.69 bits per heavy atom. The van der Waals surface area contributed by atoms with Crippen LogP contribution in [0.1, 0.15) is 11.3 Å². The van der Waals surface area contributed by atoms with E-state index in [4.69, 9.17) is 16.3 Å². The molecule has 29 heavy (non-hydrogen) atoms. The van der Waals surface area contributed by atoms with Crippen molar-refractivity contribution in [3.8, 4) is 5.75 Å². The second-order valence-electron chi connectivity index (χ2n) is 6.80. The Bertz CT molecular complexity index is 1170. The Labute approximate surface area is 173 Å². The Morgan fingerprint density at radius 2 is 1.86 bits per heavy atom. The van der Waals surface area contributed by atoms with E-state index in [1.165, 1.54) is 0 Å². The molecule has 1 amide bonds. The fraction of sp³-hybridized carbons (Fsp3) is 0.130. The number of rotatable bonds is 6. The van der Waals surface area contributed by atoms with Gasteiger partial charge >= 0.3 is 0 Å². The van der Waals surface area contributed by atoms with Crippen LogP contribution in [-0.2, 0) is 11.3 Å². The van der Waals surface area contributed by atoms with Gasteiger partial charge in [-0.3, -0.25) is 9.48 Å². The second kappa shape index (κ2) is 8.37. The monoisotopic (exact) mass is 405 g/mol. The summed E-state index contributed by atoms with van der Waals surface area (Å²) in [5.41, 5.74) is 1.98. The molecule has 0 bridgehead atoms. The summed E-state index contributed by atoms with van der Waals surface area (Å²) in [6, 6.07) is 23.2. The van der Waals surface area contributed by atoms with Crippen molar-refractivity contribution in [2.45, 2.75) is 13.5 Å². The van der Waals surface area contributed by atoms with Gasteiger partial charge in [0.25, 0.3) is 5.91 Å². The van der Waals surface area contributed by atoms with Gasteiger partial charge in [0.1, 0.15) is 5.75 Å². The van der Waals surface area contributed by atoms with Crippen LogP contribution in [0.5, 0.6) is 5.75 Å². The highest BCUT2D eigenvalue weighted by molar-refractivity contribution is 6.30. The Balaban J connectivity index is 1.36. The number of hydrogen-bond acceptors (Lipinski definition) is 3. The molecule has 0 fully saturated rings. The molecule has 0 radical (unpaired) electrons. The van der Waals surface area contributed by atoms with Crippen molar-refractivity contribution in [2.75, 3.05) is 11.9 Å². The second-order valence-corrected chi connectivity index (χ2v) is 7.24. The molecule has 0 saturated carbocycles. The van der Waals surface area contributed by atoms with Crippen LogP contribution in [-0.4, -0.2) is 22.3 Å². The quantitative estimate of drug-likeness (QED) is 0.487. The molecule has 1 N–H and O–H groups in total. The predicted molar refractivity (Wildman–Crippen MR) is 116 cm³/mol. The van der Waals surface area contributed by atoms with Crippen LogP contribution in [0.25, 0.3) is 10.8 Å². The lowest BCUT2D eigenvalue weighted by Crippen LogP contribution is -2.20. The number of nitrogens with one attached hydrogen (secondary N) is 1. The first-order valence-corrected chi connectivity index (χ1v) is 9.65. The van der Waals surface area contributed by atoms with Gasteiger partial charge in [-0.25, -0.2) is 0 Å². The molecule has 0 aliphatic heterocycles. The fourth-order valence-electron chi connectivity index (χ4n) is 3.12. The zero-order chi connectivity index (χ0) is 20.2. The average Bonchev–Trinajstić information content (AvgIpc) is 3.05. The van der Waals surface area contributed by atoms with E-state index in [-0.39, 0.29) is 12.5 Å². The topological polar surface area (TPSA) is 56.1 Å². The van der Waals surface area contributed by atoms with E-state index in [9.17, 15) is 4.79 Å². The van der Waals surface area contributed by atoms with E-state index in [1.54, 1.807) is 0 Å². The van der Waals surface area contributed by atoms with E-state index < -0.39 is 0 Å². The minimum Gasteiger partial charge on any atom is -0.484 e. The number of fused-ring (bicyclic) bond motifs is 1. The predicted octanol–water partition coefficient (Wildman–Crippen LogP) is 5.06. The lowest BCUT2D eigenvalue weighted by atomic mass is 10.1. The minimum atomic E-state index is -0.259. The van der Waals surface area contributed by atoms with Crippen molar-refractivity contribution in [1.29, 1.82) is 0 Å². The zero-order valence-electron chi connectivity index (χ0n) is 15.9. The molecule has 1 heterocycles. The van der Waals surface area contributed by atoms with Gasteiger partial charge in [-0.1, -0.05) is 54.1 Å². The lowest BCUT2D eigenvalue weighted by Gasteiger charge is -2.07. The van der Waals surface area contributed by atoms with Gasteiger partial charge in [0.2, 0.25) is 0 Å². The number of amides is 1. The van der Waals surface area contributed by atoms with Crippen molar-refractivity contribution in [1.82, 2.24) is 9.78 Å². The van der Waals surface area contributed by atoms with Crippen molar-refractivity contribution < 1.29 is 9.53 Å². The Hall–Kier alpha value is -3.31. The number of carbonyl (C=O) groups excluding carboxylic acids is 1. The first-order chi connectivity index (χ1) is 14.1. The van der Waals surface area contributed by atoms with Gasteiger partial charge in [-0.2, -0.15) is 5.10 Å². The molecule has 6 heteroatoms. The highest BCUT2D eigenvalue weighted by Crippen LogP contribution is 2.20. The number of carbonyl (C=O) groups is 1. The van der Waals surface area contributed by atoms with Crippen molar-refractivity contribution in [2.24, 2.45) is 0 Å². The zero-order valence-corrected chi connectivity index (χ0v) is 16.7. The molecule has 1 aromatic heterocycles. The summed E-state index contributed by atoms with van der Waals surface area (Å²) in [4.78, 5) is 12.3. The maximum absolute atomic E-state index is 12.3. The first-order valence-electron chi connectivity index (χ1n) is 9.27. The first kappa shape index (κ1) is 19.0. The summed E-state index contributed by atoms with van der Waals surface area (Å²) < 4.78 is 7.46. The summed E-state index contributed by atoms with van der Waals surface area (Å²) in [5, 5.41) is 10.1. The molecule has 0 spiro atoms. The molecule has 0 saturated heterocycles. The van der Waals surface area contributed by atoms with E-state index in [2.05, 4.69) is 10.4 Å². The van der Waals surface area contributed by atoms with Crippen LogP contribution in [0, 0.1) is 6.92 Å². The molecule has 0 unspecified atom stereocenters. The fourth-order valence-corrected chi connectivity index (χ4v) is 3.34. The smallest absolute Gasteiger partial charge is 0.263 e. The highest BCUT2D eigenvalue weighted by Gasteiger charge is 2.10. The summed E-state index contributed by atoms with van der Waals surface area (Å²) >= 11 is 6.04. The van der Waals surface area contributed by atoms with E-state index >= 15 is 0 Å². The molecule has 146 valence electrons. The Kier molecular flexibility index (Phi) is 5.49. The van der Waals surface area contributed by atoms with Crippen molar-refractivity contribution in [3.63, 3.8) is 0 Å². The molecular weight excluding hydrogens is 386 g/mol. The van der Waals surface area contributed by atoms with Crippen LogP contribution in [0.4, 0.5) is 5.82 Å². The van der Waals surface area contributed by atoms with Crippen LogP contribution >= 0.6 is 11.6 Å². The molecule has 4 rings (SSSR count). The van der Waals surface area contributed by atoms with Crippen LogP contribution in [0.2, 0.25) is 5.02 Å². The van der Waals surface area contributed by atoms with Gasteiger partial charge in [0.05, 0.1) is 6.54 Å². The minimum absolute atomic E-state index is 0.0848. The number of hydrogen-bond donors (Lipinski definition) is 1. The number of anilines is 1. The van der Waals surface area contributed by atoms with Gasteiger partial charge in [0, 0.05) is 16.8 Å². The molecule has 0 aliphatic carbocycles. The number of aromatic nitrogens is 2. The SMILES string of the molecule is Cc1cc(NC(=O)COc2ccc3ccccc3c2)nn1Cc1cccc(Cl)c1. The van der Waals surface area contributed by atoms with E-state index in [1.807, 2.05) is 84.4 Å². The number of halogens is 1. The summed E-state index contributed by atoms with van der Waals surface area (Å²) in [7, 11) is 0.